The molecule has 2 heteroatoms. The highest BCUT2D eigenvalue weighted by Crippen LogP contribution is 2.36. The van der Waals surface area contributed by atoms with Crippen molar-refractivity contribution in [2.45, 2.75) is 59.3 Å². The normalized spacial score (nSPS) is 10.8. The number of hydrogen-bond acceptors (Lipinski definition) is 2. The molecule has 0 saturated carbocycles. The molecule has 0 bridgehead atoms. The van der Waals surface area contributed by atoms with Gasteiger partial charge in [0.15, 0.2) is 11.5 Å². The maximum absolute atomic E-state index is 10.0. The molecule has 17 heavy (non-hydrogen) atoms. The standard InChI is InChI=1S/C15H24O2/c1-4-6-8-12-10-11(3)14(16)15(17)13(12)9-7-5-2/h10,16-17H,4-9H2,1-3H3. The highest BCUT2D eigenvalue weighted by Gasteiger charge is 2.14. The van der Waals surface area contributed by atoms with Gasteiger partial charge >= 0.3 is 0 Å². The lowest BCUT2D eigenvalue weighted by Crippen LogP contribution is -1.97. The van der Waals surface area contributed by atoms with Crippen LogP contribution in [0.3, 0.4) is 0 Å². The summed E-state index contributed by atoms with van der Waals surface area (Å²) < 4.78 is 0. The third-order valence-corrected chi connectivity index (χ3v) is 3.24. The molecule has 1 rings (SSSR count). The first-order chi connectivity index (χ1) is 8.11. The van der Waals surface area contributed by atoms with Gasteiger partial charge in [-0.3, -0.25) is 0 Å². The average Bonchev–Trinajstić information content (AvgIpc) is 2.32. The summed E-state index contributed by atoms with van der Waals surface area (Å²) in [7, 11) is 0. The van der Waals surface area contributed by atoms with Crippen LogP contribution in [0, 0.1) is 6.92 Å². The van der Waals surface area contributed by atoms with E-state index in [0.29, 0.717) is 0 Å². The molecule has 0 heterocycles. The van der Waals surface area contributed by atoms with Crippen molar-refractivity contribution in [1.82, 2.24) is 0 Å². The molecule has 0 fully saturated rings. The van der Waals surface area contributed by atoms with E-state index in [1.54, 1.807) is 0 Å². The average molecular weight is 236 g/mol. The molecule has 0 atom stereocenters. The number of phenolic OH excluding ortho intramolecular Hbond substituents is 2. The van der Waals surface area contributed by atoms with Gasteiger partial charge in [-0.05, 0) is 43.7 Å². The summed E-state index contributed by atoms with van der Waals surface area (Å²) in [6.45, 7) is 6.14. The smallest absolute Gasteiger partial charge is 0.161 e. The van der Waals surface area contributed by atoms with Gasteiger partial charge in [-0.1, -0.05) is 32.8 Å². The van der Waals surface area contributed by atoms with E-state index in [4.69, 9.17) is 0 Å². The summed E-state index contributed by atoms with van der Waals surface area (Å²) in [4.78, 5) is 0. The van der Waals surface area contributed by atoms with E-state index in [0.717, 1.165) is 49.7 Å². The van der Waals surface area contributed by atoms with Crippen LogP contribution in [0.2, 0.25) is 0 Å². The number of aryl methyl sites for hydroxylation is 2. The molecule has 1 aromatic rings. The first kappa shape index (κ1) is 13.9. The zero-order valence-corrected chi connectivity index (χ0v) is 11.2. The van der Waals surface area contributed by atoms with Crippen LogP contribution in [0.1, 0.15) is 56.2 Å². The third kappa shape index (κ3) is 3.39. The number of benzene rings is 1. The third-order valence-electron chi connectivity index (χ3n) is 3.24. The zero-order chi connectivity index (χ0) is 12.8. The predicted octanol–water partition coefficient (Wildman–Crippen LogP) is 4.09. The second-order valence-electron chi connectivity index (χ2n) is 4.74. The van der Waals surface area contributed by atoms with Crippen molar-refractivity contribution in [2.75, 3.05) is 0 Å². The molecule has 0 aromatic heterocycles. The monoisotopic (exact) mass is 236 g/mol. The summed E-state index contributed by atoms with van der Waals surface area (Å²) in [5.74, 6) is 0.154. The van der Waals surface area contributed by atoms with Crippen molar-refractivity contribution in [3.8, 4) is 11.5 Å². The van der Waals surface area contributed by atoms with Gasteiger partial charge in [-0.15, -0.1) is 0 Å². The van der Waals surface area contributed by atoms with Gasteiger partial charge in [0.1, 0.15) is 0 Å². The Morgan fingerprint density at radius 3 is 2.12 bits per heavy atom. The molecule has 2 N–H and O–H groups in total. The Labute approximate surface area is 104 Å². The van der Waals surface area contributed by atoms with Crippen molar-refractivity contribution in [2.24, 2.45) is 0 Å². The second kappa shape index (κ2) is 6.53. The Balaban J connectivity index is 3.06. The van der Waals surface area contributed by atoms with Gasteiger partial charge in [0.2, 0.25) is 0 Å². The Kier molecular flexibility index (Phi) is 5.33. The highest BCUT2D eigenvalue weighted by molar-refractivity contribution is 5.53. The fraction of sp³-hybridized carbons (Fsp3) is 0.600. The fourth-order valence-corrected chi connectivity index (χ4v) is 2.12. The molecule has 0 amide bonds. The maximum Gasteiger partial charge on any atom is 0.161 e. The number of hydrogen-bond donors (Lipinski definition) is 2. The molecular formula is C15H24O2. The van der Waals surface area contributed by atoms with Crippen LogP contribution < -0.4 is 0 Å². The number of phenols is 2. The SMILES string of the molecule is CCCCc1cc(C)c(O)c(O)c1CCCC. The van der Waals surface area contributed by atoms with Crippen molar-refractivity contribution >= 4 is 0 Å². The van der Waals surface area contributed by atoms with Crippen LogP contribution in [0.4, 0.5) is 0 Å². The lowest BCUT2D eigenvalue weighted by Gasteiger charge is -2.14. The van der Waals surface area contributed by atoms with Gasteiger partial charge < -0.3 is 10.2 Å². The van der Waals surface area contributed by atoms with Crippen LogP contribution >= 0.6 is 0 Å². The van der Waals surface area contributed by atoms with Gasteiger partial charge in [-0.25, -0.2) is 0 Å². The van der Waals surface area contributed by atoms with E-state index in [1.165, 1.54) is 5.56 Å². The van der Waals surface area contributed by atoms with Crippen LogP contribution in [-0.2, 0) is 12.8 Å². The molecule has 96 valence electrons. The number of aromatic hydroxyl groups is 2. The van der Waals surface area contributed by atoms with Crippen molar-refractivity contribution in [3.63, 3.8) is 0 Å². The maximum atomic E-state index is 10.0. The van der Waals surface area contributed by atoms with Crippen molar-refractivity contribution in [3.05, 3.63) is 22.8 Å². The molecule has 0 aliphatic rings. The van der Waals surface area contributed by atoms with E-state index in [-0.39, 0.29) is 11.5 Å². The summed E-state index contributed by atoms with van der Waals surface area (Å²) in [6, 6.07) is 2.02. The van der Waals surface area contributed by atoms with E-state index in [1.807, 2.05) is 13.0 Å². The minimum Gasteiger partial charge on any atom is -0.504 e. The molecule has 0 spiro atoms. The highest BCUT2D eigenvalue weighted by atomic mass is 16.3. The predicted molar refractivity (Wildman–Crippen MR) is 71.7 cm³/mol. The van der Waals surface area contributed by atoms with E-state index < -0.39 is 0 Å². The summed E-state index contributed by atoms with van der Waals surface area (Å²) >= 11 is 0. The molecule has 0 radical (unpaired) electrons. The van der Waals surface area contributed by atoms with Crippen molar-refractivity contribution in [1.29, 1.82) is 0 Å². The van der Waals surface area contributed by atoms with Crippen LogP contribution in [-0.4, -0.2) is 10.2 Å². The largest absolute Gasteiger partial charge is 0.504 e. The Morgan fingerprint density at radius 2 is 1.53 bits per heavy atom. The zero-order valence-electron chi connectivity index (χ0n) is 11.2. The summed E-state index contributed by atoms with van der Waals surface area (Å²) in [5, 5.41) is 19.8. The van der Waals surface area contributed by atoms with Gasteiger partial charge in [0.05, 0.1) is 0 Å². The molecule has 0 aliphatic heterocycles. The van der Waals surface area contributed by atoms with E-state index >= 15 is 0 Å². The molecule has 0 aliphatic carbocycles. The molecule has 2 nitrogen and oxygen atoms in total. The lowest BCUT2D eigenvalue weighted by molar-refractivity contribution is 0.395. The molecule has 1 aromatic carbocycles. The summed E-state index contributed by atoms with van der Waals surface area (Å²) in [5.41, 5.74) is 2.92. The van der Waals surface area contributed by atoms with Gasteiger partial charge in [0.25, 0.3) is 0 Å². The Morgan fingerprint density at radius 1 is 0.941 bits per heavy atom. The first-order valence-electron chi connectivity index (χ1n) is 6.65. The topological polar surface area (TPSA) is 40.5 Å². The van der Waals surface area contributed by atoms with Crippen molar-refractivity contribution < 1.29 is 10.2 Å². The van der Waals surface area contributed by atoms with Crippen LogP contribution in [0.5, 0.6) is 11.5 Å². The quantitative estimate of drug-likeness (QED) is 0.730. The molecular weight excluding hydrogens is 212 g/mol. The minimum absolute atomic E-state index is 0.0522. The number of rotatable bonds is 6. The number of unbranched alkanes of at least 4 members (excludes halogenated alkanes) is 2. The van der Waals surface area contributed by atoms with E-state index in [2.05, 4.69) is 13.8 Å². The van der Waals surface area contributed by atoms with Crippen LogP contribution in [0.25, 0.3) is 0 Å². The fourth-order valence-electron chi connectivity index (χ4n) is 2.12. The first-order valence-corrected chi connectivity index (χ1v) is 6.65. The Bertz CT molecular complexity index is 370. The molecule has 0 saturated heterocycles. The minimum atomic E-state index is 0.0522. The van der Waals surface area contributed by atoms with Gasteiger partial charge in [0, 0.05) is 5.56 Å². The summed E-state index contributed by atoms with van der Waals surface area (Å²) in [6.07, 6.45) is 6.27. The lowest BCUT2D eigenvalue weighted by atomic mass is 9.94. The second-order valence-corrected chi connectivity index (χ2v) is 4.74. The van der Waals surface area contributed by atoms with Gasteiger partial charge in [-0.2, -0.15) is 0 Å². The van der Waals surface area contributed by atoms with E-state index in [9.17, 15) is 10.2 Å². The Hall–Kier alpha value is -1.18. The van der Waals surface area contributed by atoms with Crippen LogP contribution in [0.15, 0.2) is 6.07 Å². The molecule has 0 unspecified atom stereocenters.